The van der Waals surface area contributed by atoms with E-state index < -0.39 is 0 Å². The van der Waals surface area contributed by atoms with Gasteiger partial charge in [-0.25, -0.2) is 0 Å². The first kappa shape index (κ1) is 21.1. The molecule has 0 saturated heterocycles. The van der Waals surface area contributed by atoms with Crippen molar-refractivity contribution in [2.24, 2.45) is 17.3 Å². The zero-order valence-electron chi connectivity index (χ0n) is 17.0. The molecule has 1 saturated carbocycles. The molecule has 1 N–H and O–H groups in total. The van der Waals surface area contributed by atoms with E-state index in [1.165, 1.54) is 14.2 Å². The number of esters is 1. The number of anilines is 1. The molecule has 1 aliphatic carbocycles. The van der Waals surface area contributed by atoms with Crippen LogP contribution >= 0.6 is 0 Å². The van der Waals surface area contributed by atoms with Crippen LogP contribution in [0.3, 0.4) is 0 Å². The van der Waals surface area contributed by atoms with Crippen LogP contribution in [0.1, 0.15) is 46.5 Å². The van der Waals surface area contributed by atoms with Gasteiger partial charge >= 0.3 is 5.97 Å². The minimum atomic E-state index is -0.387. The van der Waals surface area contributed by atoms with Gasteiger partial charge in [-0.3, -0.25) is 9.59 Å². The lowest BCUT2D eigenvalue weighted by Crippen LogP contribution is -2.31. The summed E-state index contributed by atoms with van der Waals surface area (Å²) < 4.78 is 15.6. The summed E-state index contributed by atoms with van der Waals surface area (Å²) in [5, 5.41) is 2.70. The highest BCUT2D eigenvalue weighted by Crippen LogP contribution is 2.40. The molecule has 2 rings (SSSR count). The minimum Gasteiger partial charge on any atom is -0.497 e. The smallest absolute Gasteiger partial charge is 0.309 e. The van der Waals surface area contributed by atoms with Crippen molar-refractivity contribution < 1.29 is 23.8 Å². The van der Waals surface area contributed by atoms with E-state index >= 15 is 0 Å². The van der Waals surface area contributed by atoms with Crippen LogP contribution in [0.2, 0.25) is 0 Å². The van der Waals surface area contributed by atoms with Gasteiger partial charge in [-0.2, -0.15) is 0 Å². The highest BCUT2D eigenvalue weighted by molar-refractivity contribution is 5.93. The second-order valence-corrected chi connectivity index (χ2v) is 8.17. The second kappa shape index (κ2) is 9.11. The number of nitrogens with one attached hydrogen (secondary N) is 1. The van der Waals surface area contributed by atoms with Crippen molar-refractivity contribution in [1.82, 2.24) is 0 Å². The van der Waals surface area contributed by atoms with Crippen LogP contribution in [0.4, 0.5) is 5.69 Å². The lowest BCUT2D eigenvalue weighted by Gasteiger charge is -2.36. The zero-order valence-corrected chi connectivity index (χ0v) is 17.0. The molecule has 0 bridgehead atoms. The summed E-state index contributed by atoms with van der Waals surface area (Å²) in [5.74, 6) is 0.999. The highest BCUT2D eigenvalue weighted by Gasteiger charge is 2.33. The maximum absolute atomic E-state index is 12.3. The van der Waals surface area contributed by atoms with Crippen molar-refractivity contribution in [3.8, 4) is 11.5 Å². The number of rotatable bonds is 6. The normalized spacial score (nSPS) is 19.9. The quantitative estimate of drug-likeness (QED) is 0.758. The fourth-order valence-corrected chi connectivity index (χ4v) is 3.53. The summed E-state index contributed by atoms with van der Waals surface area (Å²) in [6.45, 7) is 6.44. The number of carbonyl (C=O) groups excluding carboxylic acids is 2. The predicted octanol–water partition coefficient (Wildman–Crippen LogP) is 4.04. The Kier molecular flexibility index (Phi) is 7.11. The number of amides is 1. The molecular weight excluding hydrogens is 346 g/mol. The Morgan fingerprint density at radius 1 is 1.00 bits per heavy atom. The second-order valence-electron chi connectivity index (χ2n) is 8.17. The summed E-state index contributed by atoms with van der Waals surface area (Å²) in [4.78, 5) is 24.4. The van der Waals surface area contributed by atoms with Gasteiger partial charge < -0.3 is 19.5 Å². The van der Waals surface area contributed by atoms with Crippen LogP contribution in [0.15, 0.2) is 18.2 Å². The molecule has 0 aromatic heterocycles. The third kappa shape index (κ3) is 6.15. The van der Waals surface area contributed by atoms with Crippen molar-refractivity contribution in [2.75, 3.05) is 26.1 Å². The number of carbonyl (C=O) groups is 2. The molecule has 0 atom stereocenters. The predicted molar refractivity (Wildman–Crippen MR) is 104 cm³/mol. The zero-order chi connectivity index (χ0) is 20.0. The minimum absolute atomic E-state index is 0.103. The van der Waals surface area contributed by atoms with Crippen molar-refractivity contribution in [3.63, 3.8) is 0 Å². The maximum Gasteiger partial charge on any atom is 0.309 e. The average molecular weight is 377 g/mol. The molecule has 0 unspecified atom stereocenters. The lowest BCUT2D eigenvalue weighted by atomic mass is 9.70. The fraction of sp³-hybridized carbons (Fsp3) is 0.619. The SMILES string of the molecule is COc1cc(NC(=O)COC(=O)C2CCC(C(C)(C)C)CC2)cc(OC)c1. The van der Waals surface area contributed by atoms with Gasteiger partial charge in [0.2, 0.25) is 0 Å². The Balaban J connectivity index is 1.81. The van der Waals surface area contributed by atoms with E-state index in [0.717, 1.165) is 25.7 Å². The van der Waals surface area contributed by atoms with Crippen LogP contribution in [0, 0.1) is 17.3 Å². The molecule has 6 nitrogen and oxygen atoms in total. The van der Waals surface area contributed by atoms with Gasteiger partial charge in [-0.15, -0.1) is 0 Å². The van der Waals surface area contributed by atoms with E-state index in [-0.39, 0.29) is 29.8 Å². The number of benzene rings is 1. The molecule has 1 aromatic carbocycles. The largest absolute Gasteiger partial charge is 0.497 e. The van der Waals surface area contributed by atoms with Crippen LogP contribution in [-0.2, 0) is 14.3 Å². The summed E-state index contributed by atoms with van der Waals surface area (Å²) in [7, 11) is 3.08. The van der Waals surface area contributed by atoms with Crippen molar-refractivity contribution in [1.29, 1.82) is 0 Å². The van der Waals surface area contributed by atoms with Gasteiger partial charge in [0.25, 0.3) is 5.91 Å². The number of ether oxygens (including phenoxy) is 3. The van der Waals surface area contributed by atoms with E-state index in [4.69, 9.17) is 14.2 Å². The maximum atomic E-state index is 12.3. The van der Waals surface area contributed by atoms with Gasteiger partial charge in [0.15, 0.2) is 6.61 Å². The van der Waals surface area contributed by atoms with Crippen LogP contribution in [-0.4, -0.2) is 32.7 Å². The molecule has 27 heavy (non-hydrogen) atoms. The molecule has 150 valence electrons. The monoisotopic (exact) mass is 377 g/mol. The number of hydrogen-bond acceptors (Lipinski definition) is 5. The van der Waals surface area contributed by atoms with Crippen LogP contribution in [0.5, 0.6) is 11.5 Å². The molecule has 1 amide bonds. The standard InChI is InChI=1S/C21H31NO5/c1-21(2,3)15-8-6-14(7-9-15)20(24)27-13-19(23)22-16-10-17(25-4)12-18(11-16)26-5/h10-12,14-15H,6-9,13H2,1-5H3,(H,22,23). The summed E-state index contributed by atoms with van der Waals surface area (Å²) in [5.41, 5.74) is 0.796. The van der Waals surface area contributed by atoms with E-state index in [2.05, 4.69) is 26.1 Å². The van der Waals surface area contributed by atoms with E-state index in [1.807, 2.05) is 0 Å². The van der Waals surface area contributed by atoms with Gasteiger partial charge in [0.1, 0.15) is 11.5 Å². The number of methoxy groups -OCH3 is 2. The third-order valence-corrected chi connectivity index (χ3v) is 5.27. The first-order valence-corrected chi connectivity index (χ1v) is 9.42. The molecule has 1 fully saturated rings. The summed E-state index contributed by atoms with van der Waals surface area (Å²) in [6, 6.07) is 5.07. The molecule has 0 spiro atoms. The molecule has 0 radical (unpaired) electrons. The van der Waals surface area contributed by atoms with Gasteiger partial charge in [-0.05, 0) is 37.0 Å². The molecule has 1 aromatic rings. The summed E-state index contributed by atoms with van der Waals surface area (Å²) in [6.07, 6.45) is 3.71. The Labute approximate surface area is 161 Å². The molecule has 1 aliphatic rings. The van der Waals surface area contributed by atoms with Gasteiger partial charge in [0, 0.05) is 23.9 Å². The fourth-order valence-electron chi connectivity index (χ4n) is 3.53. The molecule has 6 heteroatoms. The van der Waals surface area contributed by atoms with Crippen molar-refractivity contribution in [3.05, 3.63) is 18.2 Å². The highest BCUT2D eigenvalue weighted by atomic mass is 16.5. The molecular formula is C21H31NO5. The first-order chi connectivity index (χ1) is 12.7. The Morgan fingerprint density at radius 3 is 2.04 bits per heavy atom. The molecule has 0 heterocycles. The van der Waals surface area contributed by atoms with E-state index in [0.29, 0.717) is 23.1 Å². The third-order valence-electron chi connectivity index (χ3n) is 5.27. The van der Waals surface area contributed by atoms with Crippen molar-refractivity contribution >= 4 is 17.6 Å². The van der Waals surface area contributed by atoms with Crippen molar-refractivity contribution in [2.45, 2.75) is 46.5 Å². The summed E-state index contributed by atoms with van der Waals surface area (Å²) >= 11 is 0. The first-order valence-electron chi connectivity index (χ1n) is 9.42. The average Bonchev–Trinajstić information content (AvgIpc) is 2.65. The Bertz CT molecular complexity index is 635. The van der Waals surface area contributed by atoms with Gasteiger partial charge in [0.05, 0.1) is 20.1 Å². The van der Waals surface area contributed by atoms with E-state index in [1.54, 1.807) is 18.2 Å². The number of hydrogen-bond donors (Lipinski definition) is 1. The van der Waals surface area contributed by atoms with Crippen LogP contribution < -0.4 is 14.8 Å². The lowest BCUT2D eigenvalue weighted by molar-refractivity contribution is -0.153. The Hall–Kier alpha value is -2.24. The van der Waals surface area contributed by atoms with Gasteiger partial charge in [-0.1, -0.05) is 20.8 Å². The van der Waals surface area contributed by atoms with E-state index in [9.17, 15) is 9.59 Å². The topological polar surface area (TPSA) is 73.9 Å². The van der Waals surface area contributed by atoms with Crippen LogP contribution in [0.25, 0.3) is 0 Å². The molecule has 0 aliphatic heterocycles. The Morgan fingerprint density at radius 2 is 1.56 bits per heavy atom.